The quantitative estimate of drug-likeness (QED) is 0.806. The smallest absolute Gasteiger partial charge is 0.254 e. The van der Waals surface area contributed by atoms with Gasteiger partial charge in [0.2, 0.25) is 0 Å². The van der Waals surface area contributed by atoms with Crippen LogP contribution < -0.4 is 0 Å². The summed E-state index contributed by atoms with van der Waals surface area (Å²) in [5, 5.41) is 9.17. The molecule has 0 atom stereocenters. The van der Waals surface area contributed by atoms with E-state index in [1.165, 1.54) is 17.0 Å². The summed E-state index contributed by atoms with van der Waals surface area (Å²) in [6, 6.07) is 9.20. The minimum atomic E-state index is -0.811. The van der Waals surface area contributed by atoms with Crippen molar-refractivity contribution in [3.05, 3.63) is 53.3 Å². The molecule has 112 valence electrons. The van der Waals surface area contributed by atoms with Gasteiger partial charge in [0.25, 0.3) is 5.91 Å². The number of fused-ring (bicyclic) bond motifs is 1. The Morgan fingerprint density at radius 3 is 2.77 bits per heavy atom. The van der Waals surface area contributed by atoms with Crippen LogP contribution in [0, 0.1) is 5.82 Å². The van der Waals surface area contributed by atoms with Crippen LogP contribution in [0.2, 0.25) is 0 Å². The molecular formula is C15H12FN3O2S. The number of phenols is 1. The highest BCUT2D eigenvalue weighted by Gasteiger charge is 2.14. The molecule has 5 nitrogen and oxygen atoms in total. The van der Waals surface area contributed by atoms with Gasteiger partial charge in [-0.1, -0.05) is 6.07 Å². The summed E-state index contributed by atoms with van der Waals surface area (Å²) in [5.41, 5.74) is 2.71. The maximum atomic E-state index is 13.3. The third-order valence-corrected chi connectivity index (χ3v) is 3.84. The van der Waals surface area contributed by atoms with Crippen LogP contribution in [-0.2, 0) is 6.54 Å². The van der Waals surface area contributed by atoms with E-state index in [-0.39, 0.29) is 11.5 Å². The molecule has 0 aliphatic heterocycles. The lowest BCUT2D eigenvalue weighted by molar-refractivity contribution is 0.0784. The van der Waals surface area contributed by atoms with E-state index >= 15 is 0 Å². The third-order valence-electron chi connectivity index (χ3n) is 3.28. The molecule has 3 aromatic rings. The number of carbonyl (C=O) groups excluding carboxylic acids is 1. The van der Waals surface area contributed by atoms with Crippen LogP contribution in [0.1, 0.15) is 15.9 Å². The summed E-state index contributed by atoms with van der Waals surface area (Å²) in [5.74, 6) is -1.61. The number of amides is 1. The number of rotatable bonds is 3. The van der Waals surface area contributed by atoms with Gasteiger partial charge in [0.1, 0.15) is 11.0 Å². The van der Waals surface area contributed by atoms with Crippen LogP contribution in [0.15, 0.2) is 36.4 Å². The molecule has 2 aromatic carbocycles. The normalized spacial score (nSPS) is 10.8. The molecule has 22 heavy (non-hydrogen) atoms. The van der Waals surface area contributed by atoms with Crippen LogP contribution in [-0.4, -0.2) is 31.7 Å². The number of hydrogen-bond acceptors (Lipinski definition) is 5. The van der Waals surface area contributed by atoms with E-state index in [2.05, 4.69) is 8.75 Å². The Balaban J connectivity index is 1.79. The Labute approximate surface area is 130 Å². The minimum Gasteiger partial charge on any atom is -0.505 e. The maximum Gasteiger partial charge on any atom is 0.254 e. The molecule has 0 saturated heterocycles. The number of phenolic OH excluding ortho intramolecular Hbond substituents is 1. The average Bonchev–Trinajstić information content (AvgIpc) is 2.97. The second kappa shape index (κ2) is 5.69. The molecule has 3 rings (SSSR count). The van der Waals surface area contributed by atoms with E-state index in [4.69, 9.17) is 5.11 Å². The van der Waals surface area contributed by atoms with E-state index in [9.17, 15) is 9.18 Å². The monoisotopic (exact) mass is 317 g/mol. The highest BCUT2D eigenvalue weighted by Crippen LogP contribution is 2.19. The van der Waals surface area contributed by atoms with Crippen LogP contribution in [0.5, 0.6) is 5.75 Å². The predicted molar refractivity (Wildman–Crippen MR) is 81.3 cm³/mol. The van der Waals surface area contributed by atoms with Gasteiger partial charge >= 0.3 is 0 Å². The van der Waals surface area contributed by atoms with Crippen molar-refractivity contribution in [2.45, 2.75) is 6.54 Å². The van der Waals surface area contributed by atoms with Gasteiger partial charge in [-0.05, 0) is 35.9 Å². The molecule has 0 unspecified atom stereocenters. The number of hydrogen-bond donors (Lipinski definition) is 1. The maximum absolute atomic E-state index is 13.3. The van der Waals surface area contributed by atoms with Gasteiger partial charge in [0.15, 0.2) is 11.6 Å². The van der Waals surface area contributed by atoms with E-state index in [1.54, 1.807) is 7.05 Å². The number of nitrogens with zero attached hydrogens (tertiary/aromatic N) is 3. The summed E-state index contributed by atoms with van der Waals surface area (Å²) in [6.45, 7) is 0.370. The van der Waals surface area contributed by atoms with E-state index < -0.39 is 11.6 Å². The third kappa shape index (κ3) is 2.75. The van der Waals surface area contributed by atoms with Crippen molar-refractivity contribution in [2.24, 2.45) is 0 Å². The molecule has 1 aromatic heterocycles. The van der Waals surface area contributed by atoms with Gasteiger partial charge in [-0.3, -0.25) is 4.79 Å². The molecular weight excluding hydrogens is 305 g/mol. The van der Waals surface area contributed by atoms with Crippen molar-refractivity contribution in [3.8, 4) is 5.75 Å². The van der Waals surface area contributed by atoms with Gasteiger partial charge in [-0.2, -0.15) is 8.75 Å². The topological polar surface area (TPSA) is 66.3 Å². The van der Waals surface area contributed by atoms with Crippen LogP contribution in [0.4, 0.5) is 4.39 Å². The largest absolute Gasteiger partial charge is 0.505 e. The first-order valence-corrected chi connectivity index (χ1v) is 7.23. The molecule has 1 heterocycles. The lowest BCUT2D eigenvalue weighted by Gasteiger charge is -2.17. The zero-order valence-corrected chi connectivity index (χ0v) is 12.5. The fourth-order valence-electron chi connectivity index (χ4n) is 2.13. The number of halogens is 1. The molecule has 0 bridgehead atoms. The number of aromatic nitrogens is 2. The van der Waals surface area contributed by atoms with E-state index in [0.29, 0.717) is 6.54 Å². The van der Waals surface area contributed by atoms with Gasteiger partial charge in [-0.15, -0.1) is 0 Å². The molecule has 7 heteroatoms. The fraction of sp³-hybridized carbons (Fsp3) is 0.133. The SMILES string of the molecule is CN(Cc1ccc2nsnc2c1)C(=O)c1ccc(O)c(F)c1. The van der Waals surface area contributed by atoms with E-state index in [0.717, 1.165) is 34.4 Å². The summed E-state index contributed by atoms with van der Waals surface area (Å²) in [6.07, 6.45) is 0. The predicted octanol–water partition coefficient (Wildman–Crippen LogP) is 2.81. The Morgan fingerprint density at radius 1 is 1.23 bits per heavy atom. The van der Waals surface area contributed by atoms with Crippen molar-refractivity contribution < 1.29 is 14.3 Å². The summed E-state index contributed by atoms with van der Waals surface area (Å²) >= 11 is 1.14. The Morgan fingerprint density at radius 2 is 2.00 bits per heavy atom. The number of benzene rings is 2. The lowest BCUT2D eigenvalue weighted by Crippen LogP contribution is -2.26. The van der Waals surface area contributed by atoms with Crippen molar-refractivity contribution in [1.82, 2.24) is 13.6 Å². The Hall–Kier alpha value is -2.54. The van der Waals surface area contributed by atoms with Crippen molar-refractivity contribution in [3.63, 3.8) is 0 Å². The van der Waals surface area contributed by atoms with E-state index in [1.807, 2.05) is 18.2 Å². The molecule has 0 spiro atoms. The van der Waals surface area contributed by atoms with Gasteiger partial charge in [-0.25, -0.2) is 4.39 Å². The second-order valence-electron chi connectivity index (χ2n) is 4.91. The van der Waals surface area contributed by atoms with Crippen molar-refractivity contribution >= 4 is 28.7 Å². The van der Waals surface area contributed by atoms with Crippen molar-refractivity contribution in [1.29, 1.82) is 0 Å². The average molecular weight is 317 g/mol. The van der Waals surface area contributed by atoms with Crippen molar-refractivity contribution in [2.75, 3.05) is 7.05 Å². The Kier molecular flexibility index (Phi) is 3.72. The minimum absolute atomic E-state index is 0.189. The molecule has 1 N–H and O–H groups in total. The van der Waals surface area contributed by atoms with Gasteiger partial charge in [0.05, 0.1) is 11.7 Å². The second-order valence-corrected chi connectivity index (χ2v) is 5.44. The summed E-state index contributed by atoms with van der Waals surface area (Å²) < 4.78 is 21.6. The number of aromatic hydroxyl groups is 1. The van der Waals surface area contributed by atoms with Crippen LogP contribution in [0.3, 0.4) is 0 Å². The molecule has 0 aliphatic rings. The molecule has 0 aliphatic carbocycles. The van der Waals surface area contributed by atoms with Crippen LogP contribution >= 0.6 is 11.7 Å². The zero-order chi connectivity index (χ0) is 15.7. The zero-order valence-electron chi connectivity index (χ0n) is 11.7. The highest BCUT2D eigenvalue weighted by atomic mass is 32.1. The first kappa shape index (κ1) is 14.4. The lowest BCUT2D eigenvalue weighted by atomic mass is 10.1. The molecule has 0 saturated carbocycles. The van der Waals surface area contributed by atoms with Gasteiger partial charge in [0, 0.05) is 19.2 Å². The summed E-state index contributed by atoms with van der Waals surface area (Å²) in [7, 11) is 1.64. The molecule has 0 fully saturated rings. The first-order chi connectivity index (χ1) is 10.5. The summed E-state index contributed by atoms with van der Waals surface area (Å²) in [4.78, 5) is 13.8. The molecule has 0 radical (unpaired) electrons. The molecule has 1 amide bonds. The fourth-order valence-corrected chi connectivity index (χ4v) is 2.65. The van der Waals surface area contributed by atoms with Crippen LogP contribution in [0.25, 0.3) is 11.0 Å². The first-order valence-electron chi connectivity index (χ1n) is 6.50. The number of carbonyl (C=O) groups is 1. The standard InChI is InChI=1S/C15H12FN3O2S/c1-19(15(21)10-3-5-14(20)11(16)7-10)8-9-2-4-12-13(6-9)18-22-17-12/h2-7,20H,8H2,1H3. The van der Waals surface area contributed by atoms with Gasteiger partial charge < -0.3 is 10.0 Å². The highest BCUT2D eigenvalue weighted by molar-refractivity contribution is 7.00. The Bertz CT molecular complexity index is 850.